The summed E-state index contributed by atoms with van der Waals surface area (Å²) in [6, 6.07) is 19.9. The van der Waals surface area contributed by atoms with E-state index in [1.54, 1.807) is 14.2 Å². The van der Waals surface area contributed by atoms with Gasteiger partial charge in [0.15, 0.2) is 0 Å². The molecular formula is C21H20BrClN2O2. The third-order valence-electron chi connectivity index (χ3n) is 4.18. The molecule has 3 aromatic rings. The lowest BCUT2D eigenvalue weighted by Gasteiger charge is -2.24. The van der Waals surface area contributed by atoms with Gasteiger partial charge in [-0.25, -0.2) is 4.98 Å². The van der Waals surface area contributed by atoms with Gasteiger partial charge in [0.1, 0.15) is 22.5 Å². The van der Waals surface area contributed by atoms with E-state index in [9.17, 15) is 0 Å². The van der Waals surface area contributed by atoms with E-state index in [1.165, 1.54) is 0 Å². The van der Waals surface area contributed by atoms with Crippen LogP contribution in [0.1, 0.15) is 11.1 Å². The molecule has 0 amide bonds. The molecule has 0 aliphatic carbocycles. The van der Waals surface area contributed by atoms with Gasteiger partial charge in [0.25, 0.3) is 0 Å². The van der Waals surface area contributed by atoms with E-state index in [2.05, 4.69) is 50.1 Å². The van der Waals surface area contributed by atoms with E-state index in [1.807, 2.05) is 36.4 Å². The summed E-state index contributed by atoms with van der Waals surface area (Å²) in [7, 11) is 3.33. The Labute approximate surface area is 172 Å². The summed E-state index contributed by atoms with van der Waals surface area (Å²) in [6.45, 7) is 1.39. The Morgan fingerprint density at radius 3 is 1.70 bits per heavy atom. The van der Waals surface area contributed by atoms with Gasteiger partial charge in [-0.1, -0.05) is 35.9 Å². The maximum absolute atomic E-state index is 6.23. The normalized spacial score (nSPS) is 10.5. The molecule has 0 saturated heterocycles. The van der Waals surface area contributed by atoms with E-state index in [-0.39, 0.29) is 0 Å². The fourth-order valence-corrected chi connectivity index (χ4v) is 3.07. The number of ether oxygens (including phenoxy) is 2. The SMILES string of the molecule is COc1ccc(CN(Cc2ccc(OC)cc2)c2ccc(Br)c(Cl)n2)cc1. The minimum atomic E-state index is 0.446. The molecule has 2 aromatic carbocycles. The maximum Gasteiger partial charge on any atom is 0.145 e. The van der Waals surface area contributed by atoms with Gasteiger partial charge in [-0.15, -0.1) is 0 Å². The second-order valence-electron chi connectivity index (χ2n) is 5.99. The van der Waals surface area contributed by atoms with Crippen LogP contribution in [-0.2, 0) is 13.1 Å². The van der Waals surface area contributed by atoms with Crippen LogP contribution < -0.4 is 14.4 Å². The number of aromatic nitrogens is 1. The highest BCUT2D eigenvalue weighted by atomic mass is 79.9. The van der Waals surface area contributed by atoms with Crippen LogP contribution in [0.5, 0.6) is 11.5 Å². The molecule has 27 heavy (non-hydrogen) atoms. The van der Waals surface area contributed by atoms with Gasteiger partial charge in [-0.3, -0.25) is 0 Å². The summed E-state index contributed by atoms with van der Waals surface area (Å²) in [6.07, 6.45) is 0. The molecule has 0 unspecified atom stereocenters. The van der Waals surface area contributed by atoms with Crippen LogP contribution in [0.3, 0.4) is 0 Å². The predicted molar refractivity (Wildman–Crippen MR) is 113 cm³/mol. The Morgan fingerprint density at radius 1 is 0.815 bits per heavy atom. The molecule has 0 aliphatic heterocycles. The molecule has 0 aliphatic rings. The number of hydrogen-bond acceptors (Lipinski definition) is 4. The Kier molecular flexibility index (Phi) is 6.58. The van der Waals surface area contributed by atoms with Crippen LogP contribution in [0.25, 0.3) is 0 Å². The van der Waals surface area contributed by atoms with Crippen molar-refractivity contribution in [3.8, 4) is 11.5 Å². The lowest BCUT2D eigenvalue weighted by atomic mass is 10.1. The topological polar surface area (TPSA) is 34.6 Å². The van der Waals surface area contributed by atoms with Crippen molar-refractivity contribution in [3.63, 3.8) is 0 Å². The molecule has 0 radical (unpaired) electrons. The predicted octanol–water partition coefficient (Wildman–Crippen LogP) is 5.72. The lowest BCUT2D eigenvalue weighted by Crippen LogP contribution is -2.23. The molecule has 6 heteroatoms. The second kappa shape index (κ2) is 9.11. The number of nitrogens with zero attached hydrogens (tertiary/aromatic N) is 2. The number of anilines is 1. The summed E-state index contributed by atoms with van der Waals surface area (Å²) < 4.78 is 11.3. The number of halogens is 2. The van der Waals surface area contributed by atoms with Crippen molar-refractivity contribution in [3.05, 3.63) is 81.4 Å². The molecule has 0 N–H and O–H groups in total. The minimum Gasteiger partial charge on any atom is -0.497 e. The molecule has 1 heterocycles. The fraction of sp³-hybridized carbons (Fsp3) is 0.190. The van der Waals surface area contributed by atoms with Crippen molar-refractivity contribution in [1.29, 1.82) is 0 Å². The van der Waals surface area contributed by atoms with Crippen LogP contribution in [0.15, 0.2) is 65.1 Å². The van der Waals surface area contributed by atoms with Crippen molar-refractivity contribution in [1.82, 2.24) is 4.98 Å². The van der Waals surface area contributed by atoms with Gasteiger partial charge < -0.3 is 14.4 Å². The van der Waals surface area contributed by atoms with Crippen LogP contribution in [0, 0.1) is 0 Å². The minimum absolute atomic E-state index is 0.446. The van der Waals surface area contributed by atoms with E-state index < -0.39 is 0 Å². The summed E-state index contributed by atoms with van der Waals surface area (Å²) in [5.74, 6) is 2.49. The van der Waals surface area contributed by atoms with E-state index in [0.29, 0.717) is 18.2 Å². The molecule has 4 nitrogen and oxygen atoms in total. The van der Waals surface area contributed by atoms with E-state index >= 15 is 0 Å². The summed E-state index contributed by atoms with van der Waals surface area (Å²) in [5, 5.41) is 0.446. The molecule has 0 bridgehead atoms. The second-order valence-corrected chi connectivity index (χ2v) is 7.21. The molecule has 3 rings (SSSR count). The summed E-state index contributed by atoms with van der Waals surface area (Å²) in [4.78, 5) is 6.71. The average Bonchev–Trinajstić information content (AvgIpc) is 2.70. The van der Waals surface area contributed by atoms with Gasteiger partial charge in [0, 0.05) is 13.1 Å². The van der Waals surface area contributed by atoms with Crippen molar-refractivity contribution >= 4 is 33.3 Å². The van der Waals surface area contributed by atoms with Gasteiger partial charge >= 0.3 is 0 Å². The number of benzene rings is 2. The number of hydrogen-bond donors (Lipinski definition) is 0. The maximum atomic E-state index is 6.23. The quantitative estimate of drug-likeness (QED) is 0.434. The first-order valence-corrected chi connectivity index (χ1v) is 9.59. The molecule has 0 spiro atoms. The van der Waals surface area contributed by atoms with Gasteiger partial charge in [-0.2, -0.15) is 0 Å². The average molecular weight is 448 g/mol. The van der Waals surface area contributed by atoms with Crippen LogP contribution in [-0.4, -0.2) is 19.2 Å². The Balaban J connectivity index is 1.87. The van der Waals surface area contributed by atoms with E-state index in [0.717, 1.165) is 32.9 Å². The third-order valence-corrected chi connectivity index (χ3v) is 5.33. The smallest absolute Gasteiger partial charge is 0.145 e. The Bertz CT molecular complexity index is 836. The van der Waals surface area contributed by atoms with Crippen molar-refractivity contribution in [2.45, 2.75) is 13.1 Å². The Hall–Kier alpha value is -2.24. The monoisotopic (exact) mass is 446 g/mol. The molecule has 1 aromatic heterocycles. The Morgan fingerprint density at radius 2 is 1.30 bits per heavy atom. The van der Waals surface area contributed by atoms with Crippen molar-refractivity contribution in [2.75, 3.05) is 19.1 Å². The fourth-order valence-electron chi connectivity index (χ4n) is 2.70. The first-order valence-electron chi connectivity index (χ1n) is 8.42. The van der Waals surface area contributed by atoms with Crippen molar-refractivity contribution < 1.29 is 9.47 Å². The largest absolute Gasteiger partial charge is 0.497 e. The van der Waals surface area contributed by atoms with Gasteiger partial charge in [-0.05, 0) is 63.5 Å². The zero-order valence-corrected chi connectivity index (χ0v) is 17.5. The zero-order valence-electron chi connectivity index (χ0n) is 15.2. The number of pyridine rings is 1. The van der Waals surface area contributed by atoms with Crippen LogP contribution >= 0.6 is 27.5 Å². The highest BCUT2D eigenvalue weighted by molar-refractivity contribution is 9.10. The first kappa shape index (κ1) is 19.5. The number of methoxy groups -OCH3 is 2. The zero-order chi connectivity index (χ0) is 19.2. The highest BCUT2D eigenvalue weighted by Gasteiger charge is 2.12. The third kappa shape index (κ3) is 5.15. The molecule has 140 valence electrons. The summed E-state index contributed by atoms with van der Waals surface area (Å²) in [5.41, 5.74) is 2.32. The van der Waals surface area contributed by atoms with Crippen LogP contribution in [0.4, 0.5) is 5.82 Å². The van der Waals surface area contributed by atoms with Crippen molar-refractivity contribution in [2.24, 2.45) is 0 Å². The highest BCUT2D eigenvalue weighted by Crippen LogP contribution is 2.26. The summed E-state index contributed by atoms with van der Waals surface area (Å²) >= 11 is 9.63. The molecule has 0 saturated carbocycles. The number of rotatable bonds is 7. The lowest BCUT2D eigenvalue weighted by molar-refractivity contribution is 0.414. The van der Waals surface area contributed by atoms with Crippen LogP contribution in [0.2, 0.25) is 5.15 Å². The van der Waals surface area contributed by atoms with Gasteiger partial charge in [0.2, 0.25) is 0 Å². The molecule has 0 atom stereocenters. The van der Waals surface area contributed by atoms with Gasteiger partial charge in [0.05, 0.1) is 18.7 Å². The molecule has 0 fully saturated rings. The molecular weight excluding hydrogens is 428 g/mol. The van der Waals surface area contributed by atoms with E-state index in [4.69, 9.17) is 21.1 Å². The standard InChI is InChI=1S/C21H20BrClN2O2/c1-26-17-7-3-15(4-8-17)13-25(20-12-11-19(22)21(23)24-20)14-16-5-9-18(27-2)10-6-16/h3-12H,13-14H2,1-2H3. The first-order chi connectivity index (χ1) is 13.1.